The predicted octanol–water partition coefficient (Wildman–Crippen LogP) is 2.75. The molecule has 1 heterocycles. The van der Waals surface area contributed by atoms with Crippen molar-refractivity contribution in [2.75, 3.05) is 0 Å². The topological polar surface area (TPSA) is 25.8 Å². The lowest BCUT2D eigenvalue weighted by Crippen LogP contribution is -1.99. The zero-order chi connectivity index (χ0) is 9.97. The minimum Gasteiger partial charge on any atom is -0.155 e. The van der Waals surface area contributed by atoms with Crippen molar-refractivity contribution in [3.05, 3.63) is 35.5 Å². The molecule has 0 bridgehead atoms. The molecule has 0 N–H and O–H groups in total. The van der Waals surface area contributed by atoms with Crippen LogP contribution in [0.2, 0.25) is 0 Å². The van der Waals surface area contributed by atoms with E-state index in [9.17, 15) is 0 Å². The molecule has 0 amide bonds. The third kappa shape index (κ3) is 1.37. The second kappa shape index (κ2) is 3.74. The molecule has 1 aromatic heterocycles. The molecule has 2 nitrogen and oxygen atoms in total. The Morgan fingerprint density at radius 2 is 1.79 bits per heavy atom. The van der Waals surface area contributed by atoms with E-state index in [2.05, 4.69) is 36.2 Å². The van der Waals surface area contributed by atoms with Crippen LogP contribution in [0.5, 0.6) is 0 Å². The molecule has 2 rings (SSSR count). The van der Waals surface area contributed by atoms with Gasteiger partial charge in [-0.05, 0) is 24.5 Å². The summed E-state index contributed by atoms with van der Waals surface area (Å²) in [6.45, 7) is 4.29. The van der Waals surface area contributed by atoms with Gasteiger partial charge in [0.25, 0.3) is 0 Å². The lowest BCUT2D eigenvalue weighted by Gasteiger charge is -2.07. The Kier molecular flexibility index (Phi) is 2.44. The van der Waals surface area contributed by atoms with E-state index in [4.69, 9.17) is 0 Å². The van der Waals surface area contributed by atoms with Crippen LogP contribution in [0.3, 0.4) is 0 Å². The third-order valence-corrected chi connectivity index (χ3v) is 2.54. The van der Waals surface area contributed by atoms with E-state index >= 15 is 0 Å². The van der Waals surface area contributed by atoms with Gasteiger partial charge in [0.05, 0.1) is 11.2 Å². The van der Waals surface area contributed by atoms with Gasteiger partial charge >= 0.3 is 0 Å². The average molecular weight is 186 g/mol. The highest BCUT2D eigenvalue weighted by Crippen LogP contribution is 2.19. The van der Waals surface area contributed by atoms with Crippen molar-refractivity contribution in [3.63, 3.8) is 0 Å². The van der Waals surface area contributed by atoms with Gasteiger partial charge in [0.1, 0.15) is 0 Å². The highest BCUT2D eigenvalue weighted by atomic mass is 15.1. The van der Waals surface area contributed by atoms with E-state index < -0.39 is 0 Å². The van der Waals surface area contributed by atoms with Crippen molar-refractivity contribution in [2.24, 2.45) is 0 Å². The van der Waals surface area contributed by atoms with Gasteiger partial charge in [-0.2, -0.15) is 10.2 Å². The number of hydrogen-bond acceptors (Lipinski definition) is 2. The number of aromatic nitrogens is 2. The number of benzene rings is 1. The zero-order valence-corrected chi connectivity index (χ0v) is 8.62. The van der Waals surface area contributed by atoms with Crippen molar-refractivity contribution in [1.29, 1.82) is 0 Å². The molecule has 0 radical (unpaired) electrons. The van der Waals surface area contributed by atoms with Crippen LogP contribution in [-0.2, 0) is 12.8 Å². The lowest BCUT2D eigenvalue weighted by atomic mass is 10.0. The Labute approximate surface area is 84.0 Å². The van der Waals surface area contributed by atoms with Crippen LogP contribution < -0.4 is 0 Å². The molecular formula is C12H14N2. The molecule has 14 heavy (non-hydrogen) atoms. The maximum atomic E-state index is 4.25. The number of hydrogen-bond donors (Lipinski definition) is 0. The highest BCUT2D eigenvalue weighted by molar-refractivity contribution is 5.82. The van der Waals surface area contributed by atoms with E-state index in [0.717, 1.165) is 24.1 Å². The summed E-state index contributed by atoms with van der Waals surface area (Å²) in [5.41, 5.74) is 3.48. The first kappa shape index (κ1) is 9.13. The molecule has 0 spiro atoms. The van der Waals surface area contributed by atoms with Gasteiger partial charge in [-0.1, -0.05) is 32.0 Å². The SMILES string of the molecule is CCc1nnc2ccccc2c1CC. The highest BCUT2D eigenvalue weighted by Gasteiger charge is 2.06. The fourth-order valence-corrected chi connectivity index (χ4v) is 1.82. The molecule has 0 fully saturated rings. The third-order valence-electron chi connectivity index (χ3n) is 2.54. The van der Waals surface area contributed by atoms with Crippen LogP contribution in [0.15, 0.2) is 24.3 Å². The molecule has 0 saturated carbocycles. The Balaban J connectivity index is 2.77. The van der Waals surface area contributed by atoms with Gasteiger partial charge < -0.3 is 0 Å². The van der Waals surface area contributed by atoms with E-state index in [1.54, 1.807) is 0 Å². The lowest BCUT2D eigenvalue weighted by molar-refractivity contribution is 0.905. The molecule has 0 aliphatic heterocycles. The van der Waals surface area contributed by atoms with Gasteiger partial charge in [0, 0.05) is 5.39 Å². The van der Waals surface area contributed by atoms with Crippen molar-refractivity contribution < 1.29 is 0 Å². The van der Waals surface area contributed by atoms with Crippen LogP contribution in [0, 0.1) is 0 Å². The minimum atomic E-state index is 0.959. The van der Waals surface area contributed by atoms with Crippen LogP contribution in [0.1, 0.15) is 25.1 Å². The molecule has 2 aromatic rings. The second-order valence-corrected chi connectivity index (χ2v) is 3.35. The Morgan fingerprint density at radius 3 is 2.50 bits per heavy atom. The summed E-state index contributed by atoms with van der Waals surface area (Å²) < 4.78 is 0. The van der Waals surface area contributed by atoms with Gasteiger partial charge in [0.15, 0.2) is 0 Å². The molecule has 0 aliphatic rings. The standard InChI is InChI=1S/C12H14N2/c1-3-9-10-7-5-6-8-12(10)14-13-11(9)4-2/h5-8H,3-4H2,1-2H3. The first-order valence-corrected chi connectivity index (χ1v) is 5.10. The monoisotopic (exact) mass is 186 g/mol. The fourth-order valence-electron chi connectivity index (χ4n) is 1.82. The first-order chi connectivity index (χ1) is 6.86. The van der Waals surface area contributed by atoms with Crippen LogP contribution in [-0.4, -0.2) is 10.2 Å². The summed E-state index contributed by atoms with van der Waals surface area (Å²) in [7, 11) is 0. The molecule has 0 atom stereocenters. The van der Waals surface area contributed by atoms with Crippen molar-refractivity contribution in [1.82, 2.24) is 10.2 Å². The van der Waals surface area contributed by atoms with Gasteiger partial charge in [-0.3, -0.25) is 0 Å². The van der Waals surface area contributed by atoms with Gasteiger partial charge in [-0.15, -0.1) is 0 Å². The summed E-state index contributed by atoms with van der Waals surface area (Å²) in [5.74, 6) is 0. The maximum Gasteiger partial charge on any atom is 0.0932 e. The Bertz CT molecular complexity index is 449. The number of rotatable bonds is 2. The van der Waals surface area contributed by atoms with E-state index in [1.807, 2.05) is 12.1 Å². The molecule has 0 saturated heterocycles. The van der Waals surface area contributed by atoms with Crippen molar-refractivity contribution in [2.45, 2.75) is 26.7 Å². The first-order valence-electron chi connectivity index (χ1n) is 5.10. The van der Waals surface area contributed by atoms with Crippen LogP contribution in [0.25, 0.3) is 10.9 Å². The summed E-state index contributed by atoms with van der Waals surface area (Å²) >= 11 is 0. The maximum absolute atomic E-state index is 4.25. The molecular weight excluding hydrogens is 172 g/mol. The summed E-state index contributed by atoms with van der Waals surface area (Å²) in [6, 6.07) is 8.20. The smallest absolute Gasteiger partial charge is 0.0932 e. The van der Waals surface area contributed by atoms with Gasteiger partial charge in [0.2, 0.25) is 0 Å². The average Bonchev–Trinajstić information content (AvgIpc) is 2.27. The zero-order valence-electron chi connectivity index (χ0n) is 8.62. The normalized spacial score (nSPS) is 10.7. The van der Waals surface area contributed by atoms with Crippen molar-refractivity contribution >= 4 is 10.9 Å². The van der Waals surface area contributed by atoms with Crippen molar-refractivity contribution in [3.8, 4) is 0 Å². The second-order valence-electron chi connectivity index (χ2n) is 3.35. The number of nitrogens with zero attached hydrogens (tertiary/aromatic N) is 2. The van der Waals surface area contributed by atoms with Crippen LogP contribution in [0.4, 0.5) is 0 Å². The number of aryl methyl sites for hydroxylation is 2. The van der Waals surface area contributed by atoms with Gasteiger partial charge in [-0.25, -0.2) is 0 Å². The fraction of sp³-hybridized carbons (Fsp3) is 0.333. The van der Waals surface area contributed by atoms with Crippen LogP contribution >= 0.6 is 0 Å². The largest absolute Gasteiger partial charge is 0.155 e. The minimum absolute atomic E-state index is 0.959. The number of fused-ring (bicyclic) bond motifs is 1. The molecule has 1 aromatic carbocycles. The summed E-state index contributed by atoms with van der Waals surface area (Å²) in [4.78, 5) is 0. The summed E-state index contributed by atoms with van der Waals surface area (Å²) in [6.07, 6.45) is 1.99. The molecule has 0 aliphatic carbocycles. The Hall–Kier alpha value is -1.44. The quantitative estimate of drug-likeness (QED) is 0.720. The molecule has 72 valence electrons. The van der Waals surface area contributed by atoms with E-state index in [1.165, 1.54) is 10.9 Å². The van der Waals surface area contributed by atoms with E-state index in [0.29, 0.717) is 0 Å². The Morgan fingerprint density at radius 1 is 1.00 bits per heavy atom. The van der Waals surface area contributed by atoms with E-state index in [-0.39, 0.29) is 0 Å². The molecule has 2 heteroatoms. The molecule has 0 unspecified atom stereocenters. The predicted molar refractivity (Wildman–Crippen MR) is 58.3 cm³/mol. The summed E-state index contributed by atoms with van der Waals surface area (Å²) in [5, 5.41) is 9.71.